The molecule has 0 unspecified atom stereocenters. The van der Waals surface area contributed by atoms with Crippen LogP contribution in [0.5, 0.6) is 0 Å². The van der Waals surface area contributed by atoms with E-state index in [1.807, 2.05) is 0 Å². The van der Waals surface area contributed by atoms with Crippen molar-refractivity contribution in [1.82, 2.24) is 0 Å². The second-order valence-electron chi connectivity index (χ2n) is 2.66. The van der Waals surface area contributed by atoms with E-state index in [4.69, 9.17) is 4.42 Å². The van der Waals surface area contributed by atoms with Crippen LogP contribution in [-0.4, -0.2) is 28.9 Å². The van der Waals surface area contributed by atoms with Crippen LogP contribution in [0.4, 0.5) is 0 Å². The van der Waals surface area contributed by atoms with Crippen LogP contribution in [0.15, 0.2) is 22.8 Å². The van der Waals surface area contributed by atoms with Gasteiger partial charge in [0, 0.05) is 0 Å². The van der Waals surface area contributed by atoms with Gasteiger partial charge < -0.3 is 19.4 Å². The standard InChI is InChI=1S/C9H12O5/c1-2-13-9(12)8(11)7(10)6-4-3-5-14-6/h3-5,7-8,10-11H,2H2,1H3/t7-,8-/m1/s1. The third-order valence-electron chi connectivity index (χ3n) is 1.66. The van der Waals surface area contributed by atoms with Crippen molar-refractivity contribution in [3.63, 3.8) is 0 Å². The van der Waals surface area contributed by atoms with Crippen LogP contribution in [0.1, 0.15) is 18.8 Å². The van der Waals surface area contributed by atoms with Gasteiger partial charge >= 0.3 is 5.97 Å². The van der Waals surface area contributed by atoms with Crippen molar-refractivity contribution in [1.29, 1.82) is 0 Å². The molecular formula is C9H12O5. The highest BCUT2D eigenvalue weighted by Crippen LogP contribution is 2.17. The largest absolute Gasteiger partial charge is 0.466 e. The normalized spacial score (nSPS) is 14.8. The Bertz CT molecular complexity index is 279. The van der Waals surface area contributed by atoms with Gasteiger partial charge in [-0.25, -0.2) is 4.79 Å². The minimum atomic E-state index is -1.61. The van der Waals surface area contributed by atoms with Crippen LogP contribution in [0.25, 0.3) is 0 Å². The molecule has 0 saturated heterocycles. The molecule has 0 bridgehead atoms. The molecule has 0 aliphatic rings. The second-order valence-corrected chi connectivity index (χ2v) is 2.66. The maximum atomic E-state index is 11.0. The quantitative estimate of drug-likeness (QED) is 0.680. The molecule has 1 rings (SSSR count). The number of carbonyl (C=O) groups is 1. The van der Waals surface area contributed by atoms with E-state index in [2.05, 4.69) is 4.74 Å². The van der Waals surface area contributed by atoms with Crippen LogP contribution < -0.4 is 0 Å². The fourth-order valence-electron chi connectivity index (χ4n) is 0.972. The van der Waals surface area contributed by atoms with Gasteiger partial charge in [0.05, 0.1) is 12.9 Å². The van der Waals surface area contributed by atoms with E-state index < -0.39 is 18.2 Å². The summed E-state index contributed by atoms with van der Waals surface area (Å²) >= 11 is 0. The number of hydrogen-bond donors (Lipinski definition) is 2. The summed E-state index contributed by atoms with van der Waals surface area (Å²) in [5.74, 6) is -0.734. The zero-order chi connectivity index (χ0) is 10.6. The molecule has 2 atom stereocenters. The molecule has 0 spiro atoms. The molecule has 0 saturated carbocycles. The maximum Gasteiger partial charge on any atom is 0.338 e. The molecule has 1 heterocycles. The minimum Gasteiger partial charge on any atom is -0.466 e. The topological polar surface area (TPSA) is 79.9 Å². The van der Waals surface area contributed by atoms with Gasteiger partial charge in [0.25, 0.3) is 0 Å². The van der Waals surface area contributed by atoms with Crippen molar-refractivity contribution >= 4 is 5.97 Å². The first-order valence-electron chi connectivity index (χ1n) is 4.23. The fourth-order valence-corrected chi connectivity index (χ4v) is 0.972. The van der Waals surface area contributed by atoms with E-state index in [9.17, 15) is 15.0 Å². The molecule has 5 heteroatoms. The third-order valence-corrected chi connectivity index (χ3v) is 1.66. The summed E-state index contributed by atoms with van der Waals surface area (Å²) in [4.78, 5) is 11.0. The van der Waals surface area contributed by atoms with E-state index in [1.165, 1.54) is 12.3 Å². The number of rotatable bonds is 4. The molecule has 0 fully saturated rings. The molecule has 0 aromatic carbocycles. The van der Waals surface area contributed by atoms with E-state index in [1.54, 1.807) is 13.0 Å². The van der Waals surface area contributed by atoms with Crippen molar-refractivity contribution in [3.8, 4) is 0 Å². The average Bonchev–Trinajstić information content (AvgIpc) is 2.68. The fraction of sp³-hybridized carbons (Fsp3) is 0.444. The monoisotopic (exact) mass is 200 g/mol. The summed E-state index contributed by atoms with van der Waals surface area (Å²) in [6.07, 6.45) is -1.65. The molecule has 2 N–H and O–H groups in total. The van der Waals surface area contributed by atoms with Gasteiger partial charge in [0.15, 0.2) is 6.10 Å². The SMILES string of the molecule is CCOC(=O)[C@H](O)[C@H](O)c1ccco1. The lowest BCUT2D eigenvalue weighted by Crippen LogP contribution is -2.29. The highest BCUT2D eigenvalue weighted by Gasteiger charge is 2.28. The van der Waals surface area contributed by atoms with Gasteiger partial charge in [0.2, 0.25) is 0 Å². The predicted octanol–water partition coefficient (Wildman–Crippen LogP) is 0.237. The number of aliphatic hydroxyl groups excluding tert-OH is 2. The summed E-state index contributed by atoms with van der Waals surface area (Å²) in [6.45, 7) is 1.77. The van der Waals surface area contributed by atoms with E-state index in [0.29, 0.717) is 0 Å². The molecule has 5 nitrogen and oxygen atoms in total. The molecule has 1 aromatic rings. The third kappa shape index (κ3) is 2.34. The lowest BCUT2D eigenvalue weighted by atomic mass is 10.1. The average molecular weight is 200 g/mol. The van der Waals surface area contributed by atoms with Crippen LogP contribution in [-0.2, 0) is 9.53 Å². The smallest absolute Gasteiger partial charge is 0.338 e. The van der Waals surface area contributed by atoms with E-state index in [-0.39, 0.29) is 12.4 Å². The van der Waals surface area contributed by atoms with Crippen molar-refractivity contribution in [2.24, 2.45) is 0 Å². The van der Waals surface area contributed by atoms with Gasteiger partial charge in [-0.2, -0.15) is 0 Å². The highest BCUT2D eigenvalue weighted by atomic mass is 16.5. The molecule has 0 radical (unpaired) electrons. The van der Waals surface area contributed by atoms with E-state index >= 15 is 0 Å². The van der Waals surface area contributed by atoms with Crippen molar-refractivity contribution in [3.05, 3.63) is 24.2 Å². The molecule has 0 aliphatic heterocycles. The molecule has 14 heavy (non-hydrogen) atoms. The second kappa shape index (κ2) is 4.78. The summed E-state index contributed by atoms with van der Waals surface area (Å²) in [6, 6.07) is 3.02. The van der Waals surface area contributed by atoms with Crippen molar-refractivity contribution < 1.29 is 24.2 Å². The molecule has 1 aromatic heterocycles. The van der Waals surface area contributed by atoms with E-state index in [0.717, 1.165) is 0 Å². The first-order valence-corrected chi connectivity index (χ1v) is 4.23. The molecule has 78 valence electrons. The van der Waals surface area contributed by atoms with Gasteiger partial charge in [-0.3, -0.25) is 0 Å². The Morgan fingerprint density at radius 1 is 1.64 bits per heavy atom. The Kier molecular flexibility index (Phi) is 3.67. The first-order chi connectivity index (χ1) is 6.66. The Hall–Kier alpha value is -1.33. The summed E-state index contributed by atoms with van der Waals surface area (Å²) < 4.78 is 9.36. The molecule has 0 aliphatic carbocycles. The zero-order valence-electron chi connectivity index (χ0n) is 7.71. The Balaban J connectivity index is 2.61. The van der Waals surface area contributed by atoms with Crippen LogP contribution in [0.2, 0.25) is 0 Å². The number of furan rings is 1. The number of esters is 1. The van der Waals surface area contributed by atoms with Gasteiger partial charge in [-0.1, -0.05) is 0 Å². The first kappa shape index (κ1) is 10.7. The van der Waals surface area contributed by atoms with Crippen LogP contribution in [0, 0.1) is 0 Å². The predicted molar refractivity (Wildman–Crippen MR) is 46.3 cm³/mol. The van der Waals surface area contributed by atoms with Gasteiger partial charge in [-0.15, -0.1) is 0 Å². The number of hydrogen-bond acceptors (Lipinski definition) is 5. The Morgan fingerprint density at radius 3 is 2.86 bits per heavy atom. The summed E-state index contributed by atoms with van der Waals surface area (Å²) in [5.41, 5.74) is 0. The van der Waals surface area contributed by atoms with Crippen molar-refractivity contribution in [2.45, 2.75) is 19.1 Å². The maximum absolute atomic E-state index is 11.0. The summed E-state index contributed by atoms with van der Waals surface area (Å²) in [5, 5.41) is 18.7. The van der Waals surface area contributed by atoms with Gasteiger partial charge in [0.1, 0.15) is 11.9 Å². The number of carbonyl (C=O) groups excluding carboxylic acids is 1. The van der Waals surface area contributed by atoms with Crippen molar-refractivity contribution in [2.75, 3.05) is 6.61 Å². The highest BCUT2D eigenvalue weighted by molar-refractivity contribution is 5.75. The molecular weight excluding hydrogens is 188 g/mol. The molecule has 0 amide bonds. The lowest BCUT2D eigenvalue weighted by Gasteiger charge is -2.13. The van der Waals surface area contributed by atoms with Crippen LogP contribution in [0.3, 0.4) is 0 Å². The Labute approximate surface area is 80.9 Å². The number of aliphatic hydroxyl groups is 2. The Morgan fingerprint density at radius 2 is 2.36 bits per heavy atom. The van der Waals surface area contributed by atoms with Crippen LogP contribution >= 0.6 is 0 Å². The minimum absolute atomic E-state index is 0.130. The number of ether oxygens (including phenoxy) is 1. The van der Waals surface area contributed by atoms with Gasteiger partial charge in [-0.05, 0) is 19.1 Å². The lowest BCUT2D eigenvalue weighted by molar-refractivity contribution is -0.160. The summed E-state index contributed by atoms with van der Waals surface area (Å²) in [7, 11) is 0. The zero-order valence-corrected chi connectivity index (χ0v) is 7.71.